The fourth-order valence-corrected chi connectivity index (χ4v) is 2.52. The molecule has 3 N–H and O–H groups in total. The second-order valence-corrected chi connectivity index (χ2v) is 5.00. The van der Waals surface area contributed by atoms with Gasteiger partial charge in [-0.15, -0.1) is 0 Å². The first-order chi connectivity index (χ1) is 10.1. The first-order valence-electron chi connectivity index (χ1n) is 6.35. The SMILES string of the molecule is COc1cc(-n2c(CO)nc3cc(N)ccc32)ccc1Cl. The van der Waals surface area contributed by atoms with Gasteiger partial charge in [0.2, 0.25) is 0 Å². The molecule has 0 spiro atoms. The predicted octanol–water partition coefficient (Wildman–Crippen LogP) is 2.76. The highest BCUT2D eigenvalue weighted by Crippen LogP contribution is 2.30. The largest absolute Gasteiger partial charge is 0.495 e. The summed E-state index contributed by atoms with van der Waals surface area (Å²) in [4.78, 5) is 4.41. The average molecular weight is 304 g/mol. The van der Waals surface area contributed by atoms with Gasteiger partial charge < -0.3 is 15.6 Å². The number of halogens is 1. The lowest BCUT2D eigenvalue weighted by molar-refractivity contribution is 0.270. The van der Waals surface area contributed by atoms with Crippen molar-refractivity contribution in [2.75, 3.05) is 12.8 Å². The summed E-state index contributed by atoms with van der Waals surface area (Å²) >= 11 is 6.05. The van der Waals surface area contributed by atoms with Crippen LogP contribution in [0.15, 0.2) is 36.4 Å². The number of aromatic nitrogens is 2. The molecule has 0 bridgehead atoms. The van der Waals surface area contributed by atoms with E-state index in [0.717, 1.165) is 16.7 Å². The van der Waals surface area contributed by atoms with Crippen LogP contribution in [0.5, 0.6) is 5.75 Å². The van der Waals surface area contributed by atoms with E-state index in [1.807, 2.05) is 16.7 Å². The maximum atomic E-state index is 9.56. The normalized spacial score (nSPS) is 11.0. The third kappa shape index (κ3) is 2.30. The number of nitrogens with zero attached hydrogens (tertiary/aromatic N) is 2. The van der Waals surface area contributed by atoms with Crippen LogP contribution in [-0.4, -0.2) is 21.8 Å². The minimum Gasteiger partial charge on any atom is -0.495 e. The maximum Gasteiger partial charge on any atom is 0.140 e. The van der Waals surface area contributed by atoms with E-state index in [1.54, 1.807) is 31.4 Å². The van der Waals surface area contributed by atoms with E-state index < -0.39 is 0 Å². The van der Waals surface area contributed by atoms with Gasteiger partial charge in [-0.25, -0.2) is 4.98 Å². The summed E-state index contributed by atoms with van der Waals surface area (Å²) in [6, 6.07) is 10.9. The van der Waals surface area contributed by atoms with Gasteiger partial charge in [0.15, 0.2) is 0 Å². The lowest BCUT2D eigenvalue weighted by atomic mass is 10.2. The van der Waals surface area contributed by atoms with E-state index in [2.05, 4.69) is 4.98 Å². The van der Waals surface area contributed by atoms with Crippen LogP contribution in [0.25, 0.3) is 16.7 Å². The molecule has 0 fully saturated rings. The van der Waals surface area contributed by atoms with Crippen LogP contribution in [0.3, 0.4) is 0 Å². The number of fused-ring (bicyclic) bond motifs is 1. The summed E-state index contributed by atoms with van der Waals surface area (Å²) < 4.78 is 7.09. The molecule has 0 radical (unpaired) electrons. The van der Waals surface area contributed by atoms with Crippen molar-refractivity contribution in [2.45, 2.75) is 6.61 Å². The van der Waals surface area contributed by atoms with Gasteiger partial charge in [0.1, 0.15) is 18.2 Å². The third-order valence-corrected chi connectivity index (χ3v) is 3.59. The summed E-state index contributed by atoms with van der Waals surface area (Å²) in [5, 5.41) is 10.1. The fraction of sp³-hybridized carbons (Fsp3) is 0.133. The van der Waals surface area contributed by atoms with Gasteiger partial charge >= 0.3 is 0 Å². The lowest BCUT2D eigenvalue weighted by Crippen LogP contribution is -2.01. The summed E-state index contributed by atoms with van der Waals surface area (Å²) in [7, 11) is 1.56. The molecule has 0 unspecified atom stereocenters. The molecular weight excluding hydrogens is 290 g/mol. The number of aliphatic hydroxyl groups is 1. The van der Waals surface area contributed by atoms with Crippen molar-refractivity contribution in [1.82, 2.24) is 9.55 Å². The number of rotatable bonds is 3. The van der Waals surface area contributed by atoms with Crippen molar-refractivity contribution in [1.29, 1.82) is 0 Å². The summed E-state index contributed by atoms with van der Waals surface area (Å²) in [5.74, 6) is 1.09. The topological polar surface area (TPSA) is 73.3 Å². The van der Waals surface area contributed by atoms with Crippen LogP contribution < -0.4 is 10.5 Å². The van der Waals surface area contributed by atoms with Crippen molar-refractivity contribution in [3.63, 3.8) is 0 Å². The number of hydrogen-bond donors (Lipinski definition) is 2. The second-order valence-electron chi connectivity index (χ2n) is 4.59. The quantitative estimate of drug-likeness (QED) is 0.730. The van der Waals surface area contributed by atoms with E-state index in [9.17, 15) is 5.11 Å². The molecule has 108 valence electrons. The minimum atomic E-state index is -0.181. The smallest absolute Gasteiger partial charge is 0.140 e. The molecule has 3 rings (SSSR count). The second kappa shape index (κ2) is 5.27. The van der Waals surface area contributed by atoms with Gasteiger partial charge in [-0.2, -0.15) is 0 Å². The van der Waals surface area contributed by atoms with E-state index in [0.29, 0.717) is 22.3 Å². The van der Waals surface area contributed by atoms with Crippen molar-refractivity contribution in [3.05, 3.63) is 47.2 Å². The van der Waals surface area contributed by atoms with Gasteiger partial charge in [0.05, 0.1) is 28.9 Å². The average Bonchev–Trinajstić information content (AvgIpc) is 2.85. The Morgan fingerprint density at radius 1 is 1.29 bits per heavy atom. The van der Waals surface area contributed by atoms with Crippen molar-refractivity contribution >= 4 is 28.3 Å². The molecule has 0 aliphatic carbocycles. The Bertz CT molecular complexity index is 814. The Hall–Kier alpha value is -2.24. The van der Waals surface area contributed by atoms with E-state index >= 15 is 0 Å². The Morgan fingerprint density at radius 3 is 2.81 bits per heavy atom. The third-order valence-electron chi connectivity index (χ3n) is 3.28. The first-order valence-corrected chi connectivity index (χ1v) is 6.73. The molecule has 1 aromatic heterocycles. The minimum absolute atomic E-state index is 0.181. The zero-order valence-electron chi connectivity index (χ0n) is 11.4. The standard InChI is InChI=1S/C15H14ClN3O2/c1-21-14-7-10(3-4-11(14)16)19-13-5-2-9(17)6-12(13)18-15(19)8-20/h2-7,20H,8,17H2,1H3. The molecular formula is C15H14ClN3O2. The Labute approximate surface area is 126 Å². The number of hydrogen-bond acceptors (Lipinski definition) is 4. The number of benzene rings is 2. The fourth-order valence-electron chi connectivity index (χ4n) is 2.33. The van der Waals surface area contributed by atoms with Gasteiger partial charge in [-0.3, -0.25) is 4.57 Å². The molecule has 1 heterocycles. The highest BCUT2D eigenvalue weighted by molar-refractivity contribution is 6.32. The summed E-state index contributed by atoms with van der Waals surface area (Å²) in [6.45, 7) is -0.181. The maximum absolute atomic E-state index is 9.56. The number of nitrogens with two attached hydrogens (primary N) is 1. The van der Waals surface area contributed by atoms with Crippen LogP contribution in [0.1, 0.15) is 5.82 Å². The van der Waals surface area contributed by atoms with Crippen molar-refractivity contribution in [2.24, 2.45) is 0 Å². The summed E-state index contributed by atoms with van der Waals surface area (Å²) in [5.41, 5.74) is 8.81. The van der Waals surface area contributed by atoms with E-state index in [-0.39, 0.29) is 6.61 Å². The molecule has 0 aliphatic rings. The van der Waals surface area contributed by atoms with Gasteiger partial charge in [-0.1, -0.05) is 11.6 Å². The lowest BCUT2D eigenvalue weighted by Gasteiger charge is -2.10. The zero-order valence-corrected chi connectivity index (χ0v) is 12.1. The van der Waals surface area contributed by atoms with E-state index in [4.69, 9.17) is 22.1 Å². The number of imidazole rings is 1. The van der Waals surface area contributed by atoms with Crippen LogP contribution >= 0.6 is 11.6 Å². The Morgan fingerprint density at radius 2 is 2.10 bits per heavy atom. The molecule has 0 aliphatic heterocycles. The van der Waals surface area contributed by atoms with Crippen molar-refractivity contribution < 1.29 is 9.84 Å². The van der Waals surface area contributed by atoms with Crippen LogP contribution in [0.2, 0.25) is 5.02 Å². The molecule has 0 amide bonds. The molecule has 3 aromatic rings. The monoisotopic (exact) mass is 303 g/mol. The molecule has 5 nitrogen and oxygen atoms in total. The molecule has 0 saturated carbocycles. The Balaban J connectivity index is 2.28. The molecule has 0 saturated heterocycles. The summed E-state index contributed by atoms with van der Waals surface area (Å²) in [6.07, 6.45) is 0. The zero-order chi connectivity index (χ0) is 15.0. The molecule has 6 heteroatoms. The number of nitrogen functional groups attached to an aromatic ring is 1. The van der Waals surface area contributed by atoms with Crippen LogP contribution in [0.4, 0.5) is 5.69 Å². The first kappa shape index (κ1) is 13.7. The number of ether oxygens (including phenoxy) is 1. The van der Waals surface area contributed by atoms with Gasteiger partial charge in [0.25, 0.3) is 0 Å². The number of anilines is 1. The van der Waals surface area contributed by atoms with Crippen LogP contribution in [0, 0.1) is 0 Å². The molecule has 21 heavy (non-hydrogen) atoms. The van der Waals surface area contributed by atoms with E-state index in [1.165, 1.54) is 0 Å². The number of aliphatic hydroxyl groups excluding tert-OH is 1. The molecule has 2 aromatic carbocycles. The highest BCUT2D eigenvalue weighted by Gasteiger charge is 2.13. The Kier molecular flexibility index (Phi) is 3.45. The number of methoxy groups -OCH3 is 1. The van der Waals surface area contributed by atoms with Crippen LogP contribution in [-0.2, 0) is 6.61 Å². The molecule has 0 atom stereocenters. The van der Waals surface area contributed by atoms with Crippen molar-refractivity contribution in [3.8, 4) is 11.4 Å². The predicted molar refractivity (Wildman–Crippen MR) is 83.0 cm³/mol. The van der Waals surface area contributed by atoms with Gasteiger partial charge in [-0.05, 0) is 30.3 Å². The van der Waals surface area contributed by atoms with Gasteiger partial charge in [0, 0.05) is 11.8 Å². The highest BCUT2D eigenvalue weighted by atomic mass is 35.5.